The summed E-state index contributed by atoms with van der Waals surface area (Å²) in [6, 6.07) is 6.14. The van der Waals surface area contributed by atoms with Gasteiger partial charge in [-0.15, -0.1) is 29.7 Å². The molecule has 0 bridgehead atoms. The number of rotatable bonds is 8. The fraction of sp³-hybridized carbons (Fsp3) is 0.211. The summed E-state index contributed by atoms with van der Waals surface area (Å²) < 4.78 is 16.3. The number of nitrogens with zero attached hydrogens (tertiary/aromatic N) is 3. The molecule has 0 aliphatic heterocycles. The van der Waals surface area contributed by atoms with Gasteiger partial charge in [-0.1, -0.05) is 22.0 Å². The first kappa shape index (κ1) is 20.8. The van der Waals surface area contributed by atoms with Crippen molar-refractivity contribution in [1.29, 1.82) is 0 Å². The standard InChI is InChI=1S/C19H17BrFN3O2S2/c1-2-5-23(10-13-8-14(20)3-4-16(13)21)18(26)12-27-11-15-9-17(25)24-6-7-28-19(24)22-15/h2-4,6-9H,1,5,10-12H2. The summed E-state index contributed by atoms with van der Waals surface area (Å²) in [5.41, 5.74) is 0.942. The van der Waals surface area contributed by atoms with E-state index >= 15 is 0 Å². The van der Waals surface area contributed by atoms with Crippen LogP contribution in [0.2, 0.25) is 0 Å². The number of thiazole rings is 1. The lowest BCUT2D eigenvalue weighted by Crippen LogP contribution is -2.32. The van der Waals surface area contributed by atoms with Crippen molar-refractivity contribution >= 4 is 49.9 Å². The van der Waals surface area contributed by atoms with Crippen LogP contribution in [0, 0.1) is 5.82 Å². The first-order valence-corrected chi connectivity index (χ1v) is 11.2. The number of halogens is 2. The van der Waals surface area contributed by atoms with Gasteiger partial charge in [0.1, 0.15) is 5.82 Å². The highest BCUT2D eigenvalue weighted by Crippen LogP contribution is 2.19. The highest BCUT2D eigenvalue weighted by Gasteiger charge is 2.15. The quantitative estimate of drug-likeness (QED) is 0.454. The second-order valence-corrected chi connectivity index (χ2v) is 8.71. The molecule has 0 unspecified atom stereocenters. The van der Waals surface area contributed by atoms with Crippen molar-refractivity contribution in [3.8, 4) is 0 Å². The van der Waals surface area contributed by atoms with Crippen LogP contribution in [-0.4, -0.2) is 32.5 Å². The van der Waals surface area contributed by atoms with Crippen LogP contribution < -0.4 is 5.56 Å². The Labute approximate surface area is 178 Å². The summed E-state index contributed by atoms with van der Waals surface area (Å²) in [7, 11) is 0. The zero-order valence-electron chi connectivity index (χ0n) is 14.8. The summed E-state index contributed by atoms with van der Waals surface area (Å²) in [6.07, 6.45) is 3.30. The van der Waals surface area contributed by atoms with Gasteiger partial charge >= 0.3 is 0 Å². The predicted molar refractivity (Wildman–Crippen MR) is 115 cm³/mol. The largest absolute Gasteiger partial charge is 0.334 e. The minimum absolute atomic E-state index is 0.127. The van der Waals surface area contributed by atoms with Crippen LogP contribution in [0.15, 0.2) is 57.8 Å². The Morgan fingerprint density at radius 3 is 3.04 bits per heavy atom. The summed E-state index contributed by atoms with van der Waals surface area (Å²) in [5.74, 6) is 0.169. The van der Waals surface area contributed by atoms with Gasteiger partial charge in [-0.05, 0) is 18.2 Å². The first-order valence-electron chi connectivity index (χ1n) is 8.34. The number of hydrogen-bond donors (Lipinski definition) is 0. The van der Waals surface area contributed by atoms with Gasteiger partial charge in [-0.3, -0.25) is 14.0 Å². The molecule has 146 valence electrons. The van der Waals surface area contributed by atoms with Crippen molar-refractivity contribution in [2.24, 2.45) is 0 Å². The van der Waals surface area contributed by atoms with Crippen LogP contribution in [0.4, 0.5) is 4.39 Å². The number of benzene rings is 1. The van der Waals surface area contributed by atoms with Crippen LogP contribution >= 0.6 is 39.0 Å². The molecular formula is C19H17BrFN3O2S2. The second kappa shape index (κ2) is 9.49. The van der Waals surface area contributed by atoms with Gasteiger partial charge in [0.25, 0.3) is 5.56 Å². The molecule has 0 radical (unpaired) electrons. The third kappa shape index (κ3) is 5.09. The molecule has 0 spiro atoms. The topological polar surface area (TPSA) is 54.7 Å². The van der Waals surface area contributed by atoms with Crippen LogP contribution in [-0.2, 0) is 17.1 Å². The predicted octanol–water partition coefficient (Wildman–Crippen LogP) is 4.11. The number of hydrogen-bond acceptors (Lipinski definition) is 5. The SMILES string of the molecule is C=CCN(Cc1cc(Br)ccc1F)C(=O)CSCc1cc(=O)n2ccsc2n1. The van der Waals surface area contributed by atoms with Crippen molar-refractivity contribution < 1.29 is 9.18 Å². The lowest BCUT2D eigenvalue weighted by molar-refractivity contribution is -0.128. The number of fused-ring (bicyclic) bond motifs is 1. The number of thioether (sulfide) groups is 1. The van der Waals surface area contributed by atoms with E-state index in [-0.39, 0.29) is 29.6 Å². The Bertz CT molecular complexity index is 1070. The molecule has 1 aromatic carbocycles. The summed E-state index contributed by atoms with van der Waals surface area (Å²) in [6.45, 7) is 4.17. The van der Waals surface area contributed by atoms with Gasteiger partial charge in [-0.25, -0.2) is 9.37 Å². The fourth-order valence-corrected chi connectivity index (χ4v) is 4.54. The highest BCUT2D eigenvalue weighted by molar-refractivity contribution is 9.10. The van der Waals surface area contributed by atoms with Crippen LogP contribution in [0.5, 0.6) is 0 Å². The van der Waals surface area contributed by atoms with E-state index in [1.54, 1.807) is 34.7 Å². The van der Waals surface area contributed by atoms with Gasteiger partial charge < -0.3 is 4.90 Å². The van der Waals surface area contributed by atoms with Crippen molar-refractivity contribution in [3.05, 3.63) is 80.4 Å². The van der Waals surface area contributed by atoms with Gasteiger partial charge in [0.2, 0.25) is 5.91 Å². The molecule has 1 amide bonds. The Morgan fingerprint density at radius 2 is 2.25 bits per heavy atom. The molecule has 2 aromatic heterocycles. The van der Waals surface area contributed by atoms with E-state index in [4.69, 9.17) is 0 Å². The summed E-state index contributed by atoms with van der Waals surface area (Å²) in [4.78, 5) is 31.2. The molecule has 2 heterocycles. The second-order valence-electron chi connectivity index (χ2n) is 5.93. The third-order valence-corrected chi connectivity index (χ3v) is 6.10. The minimum Gasteiger partial charge on any atom is -0.334 e. The zero-order valence-corrected chi connectivity index (χ0v) is 18.0. The number of aromatic nitrogens is 2. The maximum Gasteiger partial charge on any atom is 0.258 e. The monoisotopic (exact) mass is 481 g/mol. The van der Waals surface area contributed by atoms with E-state index in [2.05, 4.69) is 27.5 Å². The van der Waals surface area contributed by atoms with Crippen LogP contribution in [0.25, 0.3) is 4.96 Å². The van der Waals surface area contributed by atoms with E-state index in [0.29, 0.717) is 28.5 Å². The Kier molecular flexibility index (Phi) is 7.03. The Balaban J connectivity index is 1.62. The molecule has 0 aliphatic carbocycles. The lowest BCUT2D eigenvalue weighted by Gasteiger charge is -2.21. The zero-order chi connectivity index (χ0) is 20.1. The van der Waals surface area contributed by atoms with Crippen molar-refractivity contribution in [2.75, 3.05) is 12.3 Å². The number of amides is 1. The average Bonchev–Trinajstić information content (AvgIpc) is 3.13. The molecule has 0 N–H and O–H groups in total. The van der Waals surface area contributed by atoms with Crippen molar-refractivity contribution in [3.63, 3.8) is 0 Å². The van der Waals surface area contributed by atoms with Gasteiger partial charge in [0.05, 0.1) is 11.4 Å². The average molecular weight is 482 g/mol. The lowest BCUT2D eigenvalue weighted by atomic mass is 10.2. The Morgan fingerprint density at radius 1 is 1.43 bits per heavy atom. The highest BCUT2D eigenvalue weighted by atomic mass is 79.9. The molecule has 0 saturated heterocycles. The summed E-state index contributed by atoms with van der Waals surface area (Å²) >= 11 is 6.08. The van der Waals surface area contributed by atoms with Crippen LogP contribution in [0.3, 0.4) is 0 Å². The minimum atomic E-state index is -0.355. The maximum atomic E-state index is 14.0. The fourth-order valence-electron chi connectivity index (χ4n) is 2.58. The molecule has 3 rings (SSSR count). The van der Waals surface area contributed by atoms with E-state index in [1.807, 2.05) is 0 Å². The first-order chi connectivity index (χ1) is 13.5. The number of carbonyl (C=O) groups excluding carboxylic acids is 1. The third-order valence-electron chi connectivity index (χ3n) is 3.90. The molecule has 3 aromatic rings. The normalized spacial score (nSPS) is 10.9. The molecule has 0 fully saturated rings. The van der Waals surface area contributed by atoms with E-state index in [9.17, 15) is 14.0 Å². The Hall–Kier alpha value is -1.97. The van der Waals surface area contributed by atoms with Gasteiger partial charge in [-0.2, -0.15) is 0 Å². The van der Waals surface area contributed by atoms with Crippen molar-refractivity contribution in [1.82, 2.24) is 14.3 Å². The van der Waals surface area contributed by atoms with E-state index in [0.717, 1.165) is 4.47 Å². The molecule has 0 saturated carbocycles. The molecule has 28 heavy (non-hydrogen) atoms. The van der Waals surface area contributed by atoms with Crippen LogP contribution in [0.1, 0.15) is 11.3 Å². The van der Waals surface area contributed by atoms with E-state index < -0.39 is 0 Å². The molecule has 0 aliphatic rings. The van der Waals surface area contributed by atoms with Gasteiger partial charge in [0, 0.05) is 46.5 Å². The molecule has 5 nitrogen and oxygen atoms in total. The van der Waals surface area contributed by atoms with Gasteiger partial charge in [0.15, 0.2) is 4.96 Å². The molecule has 9 heteroatoms. The van der Waals surface area contributed by atoms with E-state index in [1.165, 1.54) is 39.6 Å². The smallest absolute Gasteiger partial charge is 0.258 e. The molecule has 0 atom stereocenters. The maximum absolute atomic E-state index is 14.0. The van der Waals surface area contributed by atoms with Crippen molar-refractivity contribution in [2.45, 2.75) is 12.3 Å². The molecular weight excluding hydrogens is 465 g/mol. The summed E-state index contributed by atoms with van der Waals surface area (Å²) in [5, 5.41) is 1.80. The number of carbonyl (C=O) groups is 1.